The van der Waals surface area contributed by atoms with Crippen LogP contribution in [0.5, 0.6) is 5.75 Å². The smallest absolute Gasteiger partial charge is 0.303 e. The number of nitriles is 1. The van der Waals surface area contributed by atoms with Gasteiger partial charge in [-0.1, -0.05) is 32.4 Å². The number of hydrogen-bond acceptors (Lipinski definition) is 6. The Bertz CT molecular complexity index is 1100. The Morgan fingerprint density at radius 3 is 2.52 bits per heavy atom. The summed E-state index contributed by atoms with van der Waals surface area (Å²) in [6.45, 7) is 11.8. The molecule has 0 amide bonds. The second-order valence-corrected chi connectivity index (χ2v) is 10.0. The van der Waals surface area contributed by atoms with Crippen LogP contribution in [0.15, 0.2) is 34.4 Å². The van der Waals surface area contributed by atoms with Gasteiger partial charge in [0, 0.05) is 23.0 Å². The Hall–Kier alpha value is -2.63. The molecular formula is C22H27ClN4O3S. The lowest BCUT2D eigenvalue weighted by molar-refractivity contribution is -0.154. The van der Waals surface area contributed by atoms with Crippen molar-refractivity contribution in [3.8, 4) is 11.9 Å². The fourth-order valence-corrected chi connectivity index (χ4v) is 4.12. The molecule has 0 unspecified atom stereocenters. The summed E-state index contributed by atoms with van der Waals surface area (Å²) < 4.78 is 12.8. The van der Waals surface area contributed by atoms with Gasteiger partial charge in [-0.3, -0.25) is 4.79 Å². The van der Waals surface area contributed by atoms with Gasteiger partial charge in [0.2, 0.25) is 6.19 Å². The second kappa shape index (κ2) is 9.67. The van der Waals surface area contributed by atoms with E-state index >= 15 is 0 Å². The van der Waals surface area contributed by atoms with Gasteiger partial charge in [-0.25, -0.2) is 0 Å². The summed E-state index contributed by atoms with van der Waals surface area (Å²) in [5, 5.41) is 9.74. The molecule has 0 aliphatic rings. The molecule has 0 atom stereocenters. The molecule has 0 bridgehead atoms. The second-order valence-electron chi connectivity index (χ2n) is 8.60. The zero-order valence-corrected chi connectivity index (χ0v) is 20.4. The lowest BCUT2D eigenvalue weighted by atomic mass is 9.95. The van der Waals surface area contributed by atoms with E-state index in [1.165, 1.54) is 25.4 Å². The number of halogens is 1. The summed E-state index contributed by atoms with van der Waals surface area (Å²) in [5.41, 5.74) is -0.364. The minimum absolute atomic E-state index is 0.119. The van der Waals surface area contributed by atoms with Crippen LogP contribution in [0.1, 0.15) is 52.0 Å². The van der Waals surface area contributed by atoms with Crippen molar-refractivity contribution >= 4 is 34.7 Å². The van der Waals surface area contributed by atoms with Crippen LogP contribution in [0.25, 0.3) is 0 Å². The van der Waals surface area contributed by atoms with Gasteiger partial charge in [0.1, 0.15) is 11.4 Å². The number of carbonyl (C=O) groups is 1. The third-order valence-corrected chi connectivity index (χ3v) is 5.87. The first-order valence-corrected chi connectivity index (χ1v) is 10.8. The van der Waals surface area contributed by atoms with Gasteiger partial charge < -0.3 is 14.0 Å². The lowest BCUT2D eigenvalue weighted by Crippen LogP contribution is -2.35. The van der Waals surface area contributed by atoms with E-state index in [4.69, 9.17) is 26.1 Å². The highest BCUT2D eigenvalue weighted by molar-refractivity contribution is 7.09. The Morgan fingerprint density at radius 2 is 1.97 bits per heavy atom. The third kappa shape index (κ3) is 6.68. The van der Waals surface area contributed by atoms with E-state index in [2.05, 4.69) is 25.8 Å². The average Bonchev–Trinajstić information content (AvgIpc) is 3.02. The molecule has 0 aliphatic heterocycles. The number of methoxy groups -OCH3 is 1. The molecule has 166 valence electrons. The van der Waals surface area contributed by atoms with Gasteiger partial charge in [0.15, 0.2) is 10.6 Å². The number of benzene rings is 1. The summed E-state index contributed by atoms with van der Waals surface area (Å²) in [6, 6.07) is 5.05. The van der Waals surface area contributed by atoms with E-state index in [0.29, 0.717) is 27.7 Å². The number of aliphatic imine (C=N–C) groups is 1. The van der Waals surface area contributed by atoms with Crippen molar-refractivity contribution in [3.63, 3.8) is 0 Å². The fourth-order valence-electron chi connectivity index (χ4n) is 2.90. The van der Waals surface area contributed by atoms with Crippen LogP contribution in [0.3, 0.4) is 0 Å². The number of carbonyl (C=O) groups excluding carboxylic acids is 1. The van der Waals surface area contributed by atoms with Crippen LogP contribution < -0.4 is 9.54 Å². The predicted molar refractivity (Wildman–Crippen MR) is 123 cm³/mol. The van der Waals surface area contributed by atoms with Crippen molar-refractivity contribution in [1.82, 2.24) is 4.57 Å². The number of amidine groups is 1. The molecule has 9 heteroatoms. The standard InChI is InChI=1S/C22H27ClN4O3S/c1-14(28)30-22(5,6)12-27-11-18(21(2,3)4)31-20(27)26-19(25-13-24)16-10-15(23)8-9-17(16)29-7/h8-11H,12H2,1-7H3/b25-19-,26-20-. The number of aromatic nitrogens is 1. The van der Waals surface area contributed by atoms with E-state index in [9.17, 15) is 10.1 Å². The van der Waals surface area contributed by atoms with Crippen molar-refractivity contribution in [2.45, 2.75) is 59.1 Å². The fraction of sp³-hybridized carbons (Fsp3) is 0.455. The first kappa shape index (κ1) is 24.6. The molecule has 1 aromatic heterocycles. The molecule has 2 aromatic rings. The highest BCUT2D eigenvalue weighted by atomic mass is 35.5. The maximum Gasteiger partial charge on any atom is 0.303 e. The SMILES string of the molecule is COc1ccc(Cl)cc1C(=N/C#N)/N=c1\sc(C(C)(C)C)cn1CC(C)(C)OC(C)=O. The van der Waals surface area contributed by atoms with Crippen LogP contribution in [0.4, 0.5) is 0 Å². The molecule has 1 aromatic carbocycles. The van der Waals surface area contributed by atoms with E-state index in [0.717, 1.165) is 4.88 Å². The molecular weight excluding hydrogens is 436 g/mol. The largest absolute Gasteiger partial charge is 0.496 e. The topological polar surface area (TPSA) is 89.0 Å². The summed E-state index contributed by atoms with van der Waals surface area (Å²) in [7, 11) is 1.53. The molecule has 2 rings (SSSR count). The molecule has 0 radical (unpaired) electrons. The molecule has 31 heavy (non-hydrogen) atoms. The average molecular weight is 463 g/mol. The zero-order valence-electron chi connectivity index (χ0n) is 18.8. The van der Waals surface area contributed by atoms with Crippen LogP contribution in [0, 0.1) is 11.5 Å². The van der Waals surface area contributed by atoms with E-state index in [1.54, 1.807) is 18.2 Å². The molecule has 0 saturated carbocycles. The summed E-state index contributed by atoms with van der Waals surface area (Å²) >= 11 is 7.65. The van der Waals surface area contributed by atoms with Crippen LogP contribution >= 0.6 is 22.9 Å². The number of ether oxygens (including phenoxy) is 2. The highest BCUT2D eigenvalue weighted by Crippen LogP contribution is 2.27. The van der Waals surface area contributed by atoms with Crippen molar-refractivity contribution in [2.24, 2.45) is 9.98 Å². The molecule has 0 aliphatic carbocycles. The molecule has 1 heterocycles. The van der Waals surface area contributed by atoms with Crippen LogP contribution in [-0.4, -0.2) is 29.1 Å². The minimum Gasteiger partial charge on any atom is -0.496 e. The Kier molecular flexibility index (Phi) is 7.68. The van der Waals surface area contributed by atoms with Crippen LogP contribution in [0.2, 0.25) is 5.02 Å². The normalized spacial score (nSPS) is 13.1. The number of esters is 1. The minimum atomic E-state index is -0.753. The molecule has 0 saturated heterocycles. The van der Waals surface area contributed by atoms with Gasteiger partial charge in [-0.15, -0.1) is 11.3 Å². The quantitative estimate of drug-likeness (QED) is 0.279. The molecule has 0 fully saturated rings. The maximum absolute atomic E-state index is 11.5. The summed E-state index contributed by atoms with van der Waals surface area (Å²) in [4.78, 5) is 21.8. The van der Waals surface area contributed by atoms with Gasteiger partial charge >= 0.3 is 5.97 Å². The van der Waals surface area contributed by atoms with Crippen molar-refractivity contribution in [3.05, 3.63) is 44.7 Å². The Balaban J connectivity index is 2.70. The van der Waals surface area contributed by atoms with Crippen molar-refractivity contribution in [1.29, 1.82) is 5.26 Å². The van der Waals surface area contributed by atoms with Gasteiger partial charge in [0.25, 0.3) is 0 Å². The predicted octanol–water partition coefficient (Wildman–Crippen LogP) is 4.68. The van der Waals surface area contributed by atoms with Crippen molar-refractivity contribution < 1.29 is 14.3 Å². The lowest BCUT2D eigenvalue weighted by Gasteiger charge is -2.25. The first-order valence-electron chi connectivity index (χ1n) is 9.62. The summed E-state index contributed by atoms with van der Waals surface area (Å²) in [5.74, 6) is 0.329. The molecule has 0 spiro atoms. The zero-order chi connectivity index (χ0) is 23.4. The number of rotatable bonds is 5. The molecule has 0 N–H and O–H groups in total. The maximum atomic E-state index is 11.5. The number of hydrogen-bond donors (Lipinski definition) is 0. The third-order valence-electron chi connectivity index (χ3n) is 4.19. The van der Waals surface area contributed by atoms with Gasteiger partial charge in [0.05, 0.1) is 19.2 Å². The molecule has 7 nitrogen and oxygen atoms in total. The van der Waals surface area contributed by atoms with Crippen molar-refractivity contribution in [2.75, 3.05) is 7.11 Å². The highest BCUT2D eigenvalue weighted by Gasteiger charge is 2.25. The monoisotopic (exact) mass is 462 g/mol. The number of thiazole rings is 1. The van der Waals surface area contributed by atoms with Gasteiger partial charge in [-0.2, -0.15) is 15.2 Å². The first-order chi connectivity index (χ1) is 14.4. The van der Waals surface area contributed by atoms with Crippen LogP contribution in [-0.2, 0) is 21.5 Å². The summed E-state index contributed by atoms with van der Waals surface area (Å²) in [6.07, 6.45) is 3.80. The van der Waals surface area contributed by atoms with Gasteiger partial charge in [-0.05, 0) is 37.5 Å². The van der Waals surface area contributed by atoms with E-state index in [-0.39, 0.29) is 17.2 Å². The van der Waals surface area contributed by atoms with E-state index in [1.807, 2.05) is 30.8 Å². The Labute approximate surface area is 191 Å². The van der Waals surface area contributed by atoms with E-state index < -0.39 is 5.60 Å². The number of nitrogens with zero attached hydrogens (tertiary/aromatic N) is 4. The Morgan fingerprint density at radius 1 is 1.29 bits per heavy atom.